The number of hydrogen-bond acceptors (Lipinski definition) is 3. The van der Waals surface area contributed by atoms with Gasteiger partial charge in [0.25, 0.3) is 5.91 Å². The van der Waals surface area contributed by atoms with E-state index < -0.39 is 0 Å². The topological polar surface area (TPSA) is 44.4 Å². The summed E-state index contributed by atoms with van der Waals surface area (Å²) >= 11 is 0. The molecule has 0 saturated heterocycles. The highest BCUT2D eigenvalue weighted by Crippen LogP contribution is 2.19. The van der Waals surface area contributed by atoms with E-state index in [1.807, 2.05) is 21.0 Å². The van der Waals surface area contributed by atoms with E-state index in [1.165, 1.54) is 6.07 Å². The molecule has 0 aliphatic carbocycles. The fraction of sp³-hybridized carbons (Fsp3) is 0.533. The lowest BCUT2D eigenvalue weighted by Gasteiger charge is -2.13. The van der Waals surface area contributed by atoms with Crippen LogP contribution in [0.4, 0.5) is 10.1 Å². The summed E-state index contributed by atoms with van der Waals surface area (Å²) in [6.07, 6.45) is 1.74. The molecule has 4 nitrogen and oxygen atoms in total. The van der Waals surface area contributed by atoms with Crippen molar-refractivity contribution in [2.24, 2.45) is 0 Å². The molecule has 20 heavy (non-hydrogen) atoms. The van der Waals surface area contributed by atoms with Crippen LogP contribution in [0.1, 0.15) is 30.1 Å². The smallest absolute Gasteiger partial charge is 0.253 e. The van der Waals surface area contributed by atoms with Gasteiger partial charge < -0.3 is 15.5 Å². The van der Waals surface area contributed by atoms with Crippen LogP contribution in [-0.4, -0.2) is 44.5 Å². The summed E-state index contributed by atoms with van der Waals surface area (Å²) in [5.41, 5.74) is 0.655. The molecule has 0 saturated carbocycles. The van der Waals surface area contributed by atoms with Crippen molar-refractivity contribution in [2.75, 3.05) is 39.0 Å². The molecule has 0 radical (unpaired) electrons. The van der Waals surface area contributed by atoms with Crippen molar-refractivity contribution < 1.29 is 9.18 Å². The number of carbonyl (C=O) groups excluding carboxylic acids is 1. The van der Waals surface area contributed by atoms with Gasteiger partial charge in [-0.25, -0.2) is 4.39 Å². The maximum atomic E-state index is 13.8. The fourth-order valence-corrected chi connectivity index (χ4v) is 1.84. The Bertz CT molecular complexity index is 435. The van der Waals surface area contributed by atoms with E-state index in [2.05, 4.69) is 15.5 Å². The van der Waals surface area contributed by atoms with Crippen molar-refractivity contribution in [3.63, 3.8) is 0 Å². The van der Waals surface area contributed by atoms with Crippen LogP contribution in [0, 0.1) is 5.82 Å². The number of benzene rings is 1. The van der Waals surface area contributed by atoms with E-state index in [-0.39, 0.29) is 11.7 Å². The first-order chi connectivity index (χ1) is 9.56. The second-order valence-corrected chi connectivity index (χ2v) is 5.00. The maximum absolute atomic E-state index is 13.8. The zero-order valence-electron chi connectivity index (χ0n) is 12.5. The number of para-hydroxylation sites is 1. The lowest BCUT2D eigenvalue weighted by atomic mass is 10.1. The summed E-state index contributed by atoms with van der Waals surface area (Å²) in [5, 5.41) is 5.80. The molecule has 2 N–H and O–H groups in total. The number of rotatable bonds is 8. The van der Waals surface area contributed by atoms with Crippen molar-refractivity contribution in [3.8, 4) is 0 Å². The third kappa shape index (κ3) is 5.17. The molecule has 0 heterocycles. The van der Waals surface area contributed by atoms with E-state index >= 15 is 0 Å². The molecule has 1 aromatic carbocycles. The Balaban J connectivity index is 2.64. The highest BCUT2D eigenvalue weighted by molar-refractivity contribution is 5.99. The number of amides is 1. The third-order valence-corrected chi connectivity index (χ3v) is 2.88. The minimum Gasteiger partial charge on any atom is -0.382 e. The molecule has 1 aromatic rings. The number of anilines is 1. The van der Waals surface area contributed by atoms with Gasteiger partial charge in [-0.1, -0.05) is 13.0 Å². The minimum absolute atomic E-state index is 0.234. The van der Waals surface area contributed by atoms with E-state index in [0.717, 1.165) is 19.4 Å². The molecule has 0 aliphatic rings. The van der Waals surface area contributed by atoms with E-state index in [1.54, 1.807) is 12.1 Å². The second kappa shape index (κ2) is 8.53. The first kappa shape index (κ1) is 16.4. The van der Waals surface area contributed by atoms with Gasteiger partial charge in [0.15, 0.2) is 0 Å². The molecule has 0 fully saturated rings. The van der Waals surface area contributed by atoms with Crippen molar-refractivity contribution in [2.45, 2.75) is 19.8 Å². The normalized spacial score (nSPS) is 10.7. The fourth-order valence-electron chi connectivity index (χ4n) is 1.84. The van der Waals surface area contributed by atoms with Crippen molar-refractivity contribution in [1.29, 1.82) is 0 Å². The first-order valence-corrected chi connectivity index (χ1v) is 7.01. The molecule has 0 spiro atoms. The standard InChI is InChI=1S/C15H24FN3O/c1-4-9-17-14-12(7-5-8-13(14)16)15(20)18-10-6-11-19(2)3/h5,7-8,17H,4,6,9-11H2,1-3H3,(H,18,20). The predicted octanol–water partition coefficient (Wildman–Crippen LogP) is 2.33. The van der Waals surface area contributed by atoms with Gasteiger partial charge >= 0.3 is 0 Å². The summed E-state index contributed by atoms with van der Waals surface area (Å²) in [6.45, 7) is 4.13. The molecule has 0 bridgehead atoms. The van der Waals surface area contributed by atoms with Crippen LogP contribution in [0.3, 0.4) is 0 Å². The van der Waals surface area contributed by atoms with Gasteiger partial charge in [0, 0.05) is 13.1 Å². The third-order valence-electron chi connectivity index (χ3n) is 2.88. The summed E-state index contributed by atoms with van der Waals surface area (Å²) in [6, 6.07) is 4.56. The number of carbonyl (C=O) groups is 1. The van der Waals surface area contributed by atoms with Crippen LogP contribution in [0.5, 0.6) is 0 Å². The summed E-state index contributed by atoms with van der Waals surface area (Å²) in [7, 11) is 3.97. The van der Waals surface area contributed by atoms with E-state index in [9.17, 15) is 9.18 Å². The van der Waals surface area contributed by atoms with E-state index in [4.69, 9.17) is 0 Å². The van der Waals surface area contributed by atoms with Crippen LogP contribution in [0.25, 0.3) is 0 Å². The Morgan fingerprint density at radius 3 is 2.70 bits per heavy atom. The zero-order chi connectivity index (χ0) is 15.0. The van der Waals surface area contributed by atoms with Crippen LogP contribution in [0.15, 0.2) is 18.2 Å². The highest BCUT2D eigenvalue weighted by Gasteiger charge is 2.14. The lowest BCUT2D eigenvalue weighted by Crippen LogP contribution is -2.28. The Morgan fingerprint density at radius 1 is 1.30 bits per heavy atom. The van der Waals surface area contributed by atoms with Crippen molar-refractivity contribution in [3.05, 3.63) is 29.6 Å². The summed E-state index contributed by atoms with van der Waals surface area (Å²) < 4.78 is 13.8. The Kier molecular flexibility index (Phi) is 7.01. The average Bonchev–Trinajstić information content (AvgIpc) is 2.41. The maximum Gasteiger partial charge on any atom is 0.253 e. The van der Waals surface area contributed by atoms with Gasteiger partial charge in [-0.15, -0.1) is 0 Å². The quantitative estimate of drug-likeness (QED) is 0.719. The van der Waals surface area contributed by atoms with Gasteiger partial charge in [-0.05, 0) is 45.6 Å². The predicted molar refractivity (Wildman–Crippen MR) is 80.7 cm³/mol. The molecule has 5 heteroatoms. The largest absolute Gasteiger partial charge is 0.382 e. The van der Waals surface area contributed by atoms with Gasteiger partial charge in [0.1, 0.15) is 5.82 Å². The zero-order valence-corrected chi connectivity index (χ0v) is 12.5. The van der Waals surface area contributed by atoms with Gasteiger partial charge in [0.05, 0.1) is 11.3 Å². The van der Waals surface area contributed by atoms with E-state index in [0.29, 0.717) is 24.3 Å². The Hall–Kier alpha value is -1.62. The minimum atomic E-state index is -0.389. The van der Waals surface area contributed by atoms with Crippen LogP contribution < -0.4 is 10.6 Å². The van der Waals surface area contributed by atoms with Crippen LogP contribution >= 0.6 is 0 Å². The molecule has 0 aliphatic heterocycles. The lowest BCUT2D eigenvalue weighted by molar-refractivity contribution is 0.0952. The summed E-state index contributed by atoms with van der Waals surface area (Å²) in [4.78, 5) is 14.2. The molecular formula is C15H24FN3O. The highest BCUT2D eigenvalue weighted by atomic mass is 19.1. The van der Waals surface area contributed by atoms with Crippen molar-refractivity contribution in [1.82, 2.24) is 10.2 Å². The first-order valence-electron chi connectivity index (χ1n) is 7.01. The molecule has 112 valence electrons. The monoisotopic (exact) mass is 281 g/mol. The van der Waals surface area contributed by atoms with Gasteiger partial charge in [-0.3, -0.25) is 4.79 Å². The average molecular weight is 281 g/mol. The van der Waals surface area contributed by atoms with Crippen LogP contribution in [0.2, 0.25) is 0 Å². The number of halogens is 1. The molecule has 1 rings (SSSR count). The number of nitrogens with zero attached hydrogens (tertiary/aromatic N) is 1. The summed E-state index contributed by atoms with van der Waals surface area (Å²) in [5.74, 6) is -0.624. The van der Waals surface area contributed by atoms with Gasteiger partial charge in [-0.2, -0.15) is 0 Å². The molecule has 0 unspecified atom stereocenters. The Labute approximate surface area is 120 Å². The molecule has 0 aromatic heterocycles. The molecule has 1 amide bonds. The second-order valence-electron chi connectivity index (χ2n) is 5.00. The SMILES string of the molecule is CCCNc1c(F)cccc1C(=O)NCCCN(C)C. The molecular weight excluding hydrogens is 257 g/mol. The number of nitrogens with one attached hydrogen (secondary N) is 2. The number of hydrogen-bond donors (Lipinski definition) is 2. The molecule has 0 atom stereocenters. The van der Waals surface area contributed by atoms with Crippen LogP contribution in [-0.2, 0) is 0 Å². The Morgan fingerprint density at radius 2 is 2.05 bits per heavy atom. The van der Waals surface area contributed by atoms with Crippen molar-refractivity contribution >= 4 is 11.6 Å². The van der Waals surface area contributed by atoms with Gasteiger partial charge in [0.2, 0.25) is 0 Å².